The van der Waals surface area contributed by atoms with E-state index in [9.17, 15) is 13.2 Å². The number of ether oxygens (including phenoxy) is 2. The number of sulfonamides is 1. The summed E-state index contributed by atoms with van der Waals surface area (Å²) in [6.45, 7) is 2.27. The average Bonchev–Trinajstić information content (AvgIpc) is 3.65. The van der Waals surface area contributed by atoms with E-state index in [1.165, 1.54) is 4.31 Å². The molecule has 1 amide bonds. The van der Waals surface area contributed by atoms with Gasteiger partial charge in [-0.3, -0.25) is 4.79 Å². The van der Waals surface area contributed by atoms with E-state index in [0.717, 1.165) is 24.2 Å². The first-order valence-corrected chi connectivity index (χ1v) is 13.4. The lowest BCUT2D eigenvalue weighted by Crippen LogP contribution is -2.44. The van der Waals surface area contributed by atoms with Crippen molar-refractivity contribution in [3.8, 4) is 11.5 Å². The molecule has 36 heavy (non-hydrogen) atoms. The molecule has 8 nitrogen and oxygen atoms in total. The molecule has 0 bridgehead atoms. The van der Waals surface area contributed by atoms with Crippen LogP contribution in [-0.4, -0.2) is 56.9 Å². The van der Waals surface area contributed by atoms with Crippen molar-refractivity contribution < 1.29 is 27.1 Å². The number of aryl methyl sites for hydroxylation is 1. The largest absolute Gasteiger partial charge is 0.493 e. The molecule has 0 unspecified atom stereocenters. The Hall–Kier alpha value is -3.30. The third-order valence-corrected chi connectivity index (χ3v) is 8.12. The zero-order valence-corrected chi connectivity index (χ0v) is 21.7. The molecule has 3 aromatic rings. The van der Waals surface area contributed by atoms with Crippen LogP contribution in [0.25, 0.3) is 0 Å². The first-order valence-electron chi connectivity index (χ1n) is 11.9. The van der Waals surface area contributed by atoms with E-state index in [1.807, 2.05) is 37.3 Å². The number of hydrogen-bond acceptors (Lipinski definition) is 6. The molecule has 4 rings (SSSR count). The lowest BCUT2D eigenvalue weighted by molar-refractivity contribution is -0.132. The first-order chi connectivity index (χ1) is 17.3. The van der Waals surface area contributed by atoms with Crippen LogP contribution in [0.3, 0.4) is 0 Å². The fraction of sp³-hybridized carbons (Fsp3) is 0.370. The number of nitrogens with zero attached hydrogens (tertiary/aromatic N) is 2. The maximum absolute atomic E-state index is 13.6. The molecule has 0 aliphatic heterocycles. The molecule has 0 atom stereocenters. The summed E-state index contributed by atoms with van der Waals surface area (Å²) >= 11 is 0. The van der Waals surface area contributed by atoms with Crippen molar-refractivity contribution in [3.63, 3.8) is 0 Å². The van der Waals surface area contributed by atoms with Crippen molar-refractivity contribution in [2.75, 3.05) is 27.3 Å². The van der Waals surface area contributed by atoms with Crippen LogP contribution >= 0.6 is 0 Å². The number of furan rings is 1. The Balaban J connectivity index is 1.54. The van der Waals surface area contributed by atoms with E-state index in [1.54, 1.807) is 49.5 Å². The molecular formula is C27H32N2O6S. The van der Waals surface area contributed by atoms with Gasteiger partial charge in [-0.05, 0) is 68.1 Å². The number of methoxy groups -OCH3 is 2. The smallest absolute Gasteiger partial charge is 0.243 e. The average molecular weight is 513 g/mol. The Kier molecular flexibility index (Phi) is 8.01. The predicted molar refractivity (Wildman–Crippen MR) is 135 cm³/mol. The molecule has 0 spiro atoms. The maximum Gasteiger partial charge on any atom is 0.243 e. The second-order valence-corrected chi connectivity index (χ2v) is 10.8. The molecule has 9 heteroatoms. The molecule has 1 fully saturated rings. The molecule has 192 valence electrons. The normalized spacial score (nSPS) is 13.6. The highest BCUT2D eigenvalue weighted by Crippen LogP contribution is 2.32. The Morgan fingerprint density at radius 3 is 2.33 bits per heavy atom. The van der Waals surface area contributed by atoms with Gasteiger partial charge < -0.3 is 18.8 Å². The van der Waals surface area contributed by atoms with E-state index >= 15 is 0 Å². The number of carbonyl (C=O) groups excluding carboxylic acids is 1. The van der Waals surface area contributed by atoms with E-state index in [4.69, 9.17) is 13.9 Å². The predicted octanol–water partition coefficient (Wildman–Crippen LogP) is 4.03. The van der Waals surface area contributed by atoms with Crippen LogP contribution in [0.2, 0.25) is 0 Å². The standard InChI is InChI=1S/C27H32N2O6S/c1-20-9-13-23(35-20)18-28(16-15-21-10-14-25(33-2)26(17-21)34-3)27(30)19-29(22-11-12-22)36(31,32)24-7-5-4-6-8-24/h4-10,13-14,17,22H,11-12,15-16,18-19H2,1-3H3. The van der Waals surface area contributed by atoms with Gasteiger partial charge in [0.25, 0.3) is 0 Å². The SMILES string of the molecule is COc1ccc(CCN(Cc2ccc(C)o2)C(=O)CN(C2CC2)S(=O)(=O)c2ccccc2)cc1OC. The lowest BCUT2D eigenvalue weighted by atomic mass is 10.1. The van der Waals surface area contributed by atoms with Gasteiger partial charge in [0.2, 0.25) is 15.9 Å². The summed E-state index contributed by atoms with van der Waals surface area (Å²) < 4.78 is 44.5. The van der Waals surface area contributed by atoms with Crippen molar-refractivity contribution >= 4 is 15.9 Å². The summed E-state index contributed by atoms with van der Waals surface area (Å²) in [6.07, 6.45) is 2.06. The lowest BCUT2D eigenvalue weighted by Gasteiger charge is -2.27. The Bertz CT molecular complexity index is 1280. The molecular weight excluding hydrogens is 480 g/mol. The van der Waals surface area contributed by atoms with Gasteiger partial charge in [0.15, 0.2) is 11.5 Å². The van der Waals surface area contributed by atoms with Gasteiger partial charge in [-0.25, -0.2) is 8.42 Å². The Labute approximate surface area is 212 Å². The van der Waals surface area contributed by atoms with Crippen LogP contribution in [0.1, 0.15) is 29.9 Å². The van der Waals surface area contributed by atoms with E-state index in [2.05, 4.69) is 0 Å². The highest BCUT2D eigenvalue weighted by atomic mass is 32.2. The second-order valence-electron chi connectivity index (χ2n) is 8.86. The van der Waals surface area contributed by atoms with Gasteiger partial charge in [0, 0.05) is 12.6 Å². The van der Waals surface area contributed by atoms with E-state index in [0.29, 0.717) is 30.2 Å². The van der Waals surface area contributed by atoms with Gasteiger partial charge in [-0.2, -0.15) is 4.31 Å². The first kappa shape index (κ1) is 25.8. The van der Waals surface area contributed by atoms with Gasteiger partial charge in [0.1, 0.15) is 11.5 Å². The zero-order chi connectivity index (χ0) is 25.7. The summed E-state index contributed by atoms with van der Waals surface area (Å²) in [5, 5.41) is 0. The van der Waals surface area contributed by atoms with Crippen molar-refractivity contribution in [3.05, 3.63) is 77.7 Å². The van der Waals surface area contributed by atoms with Crippen LogP contribution in [0, 0.1) is 6.92 Å². The maximum atomic E-state index is 13.6. The minimum absolute atomic E-state index is 0.155. The van der Waals surface area contributed by atoms with Crippen molar-refractivity contribution in [2.24, 2.45) is 0 Å². The zero-order valence-electron chi connectivity index (χ0n) is 20.8. The molecule has 1 aliphatic carbocycles. The summed E-state index contributed by atoms with van der Waals surface area (Å²) in [7, 11) is -0.626. The van der Waals surface area contributed by atoms with Crippen molar-refractivity contribution in [1.82, 2.24) is 9.21 Å². The highest BCUT2D eigenvalue weighted by Gasteiger charge is 2.40. The van der Waals surface area contributed by atoms with E-state index < -0.39 is 10.0 Å². The van der Waals surface area contributed by atoms with Gasteiger partial charge >= 0.3 is 0 Å². The summed E-state index contributed by atoms with van der Waals surface area (Å²) in [6, 6.07) is 17.5. The van der Waals surface area contributed by atoms with Crippen LogP contribution < -0.4 is 9.47 Å². The molecule has 2 aromatic carbocycles. The van der Waals surface area contributed by atoms with E-state index in [-0.39, 0.29) is 29.9 Å². The second kappa shape index (κ2) is 11.2. The third-order valence-electron chi connectivity index (χ3n) is 6.21. The Morgan fingerprint density at radius 2 is 1.72 bits per heavy atom. The summed E-state index contributed by atoms with van der Waals surface area (Å²) in [5.41, 5.74) is 0.969. The summed E-state index contributed by atoms with van der Waals surface area (Å²) in [4.78, 5) is 15.4. The minimum atomic E-state index is -3.79. The van der Waals surface area contributed by atoms with Crippen LogP contribution in [-0.2, 0) is 27.8 Å². The number of rotatable bonds is 12. The quantitative estimate of drug-likeness (QED) is 0.364. The number of amides is 1. The van der Waals surface area contributed by atoms with Gasteiger partial charge in [-0.1, -0.05) is 24.3 Å². The van der Waals surface area contributed by atoms with Crippen LogP contribution in [0.4, 0.5) is 0 Å². The third kappa shape index (κ3) is 6.09. The monoisotopic (exact) mass is 512 g/mol. The molecule has 1 aliphatic rings. The van der Waals surface area contributed by atoms with Crippen molar-refractivity contribution in [1.29, 1.82) is 0 Å². The molecule has 0 radical (unpaired) electrons. The van der Waals surface area contributed by atoms with Crippen LogP contribution in [0.15, 0.2) is 70.0 Å². The highest BCUT2D eigenvalue weighted by molar-refractivity contribution is 7.89. The fourth-order valence-corrected chi connectivity index (χ4v) is 5.74. The van der Waals surface area contributed by atoms with Gasteiger partial charge in [0.05, 0.1) is 32.2 Å². The fourth-order valence-electron chi connectivity index (χ4n) is 4.08. The minimum Gasteiger partial charge on any atom is -0.493 e. The molecule has 0 saturated heterocycles. The molecule has 1 heterocycles. The Morgan fingerprint density at radius 1 is 1.00 bits per heavy atom. The number of hydrogen-bond donors (Lipinski definition) is 0. The number of carbonyl (C=O) groups is 1. The number of benzene rings is 2. The van der Waals surface area contributed by atoms with Crippen molar-refractivity contribution in [2.45, 2.75) is 43.7 Å². The molecule has 0 N–H and O–H groups in total. The van der Waals surface area contributed by atoms with Crippen LogP contribution in [0.5, 0.6) is 11.5 Å². The topological polar surface area (TPSA) is 89.3 Å². The molecule has 1 saturated carbocycles. The summed E-state index contributed by atoms with van der Waals surface area (Å²) in [5.74, 6) is 2.38. The van der Waals surface area contributed by atoms with Gasteiger partial charge in [-0.15, -0.1) is 0 Å². The molecule has 1 aromatic heterocycles.